The van der Waals surface area contributed by atoms with Crippen molar-refractivity contribution in [3.05, 3.63) is 48.3 Å². The van der Waals surface area contributed by atoms with Crippen molar-refractivity contribution in [2.75, 3.05) is 23.7 Å². The minimum atomic E-state index is -4.39. The molecule has 2 aromatic rings. The van der Waals surface area contributed by atoms with Gasteiger partial charge >= 0.3 is 12.2 Å². The number of hydrogen-bond acceptors (Lipinski definition) is 4. The number of aromatic nitrogens is 2. The molecule has 126 valence electrons. The molecular weight excluding hydrogens is 323 g/mol. The van der Waals surface area contributed by atoms with Crippen LogP contribution in [-0.4, -0.2) is 40.0 Å². The standard InChI is InChI=1S/C15H14F3N5O/c16-15(17,18)10-2-4-11(5-3-10)22-14(24)23-8-12(9-23)21-13-19-6-1-7-20-13/h1-7,12H,8-9H2,(H,22,24)(H,19,20,21). The van der Waals surface area contributed by atoms with Crippen molar-refractivity contribution >= 4 is 17.7 Å². The molecule has 1 aromatic heterocycles. The Morgan fingerprint density at radius 3 is 2.33 bits per heavy atom. The van der Waals surface area contributed by atoms with Crippen molar-refractivity contribution in [2.24, 2.45) is 0 Å². The number of urea groups is 1. The first-order valence-corrected chi connectivity index (χ1v) is 7.18. The lowest BCUT2D eigenvalue weighted by Crippen LogP contribution is -2.58. The summed E-state index contributed by atoms with van der Waals surface area (Å²) in [6, 6.07) is 5.72. The van der Waals surface area contributed by atoms with E-state index in [1.807, 2.05) is 0 Å². The Balaban J connectivity index is 1.48. The van der Waals surface area contributed by atoms with Crippen LogP contribution < -0.4 is 10.6 Å². The van der Waals surface area contributed by atoms with Crippen LogP contribution >= 0.6 is 0 Å². The molecule has 1 aliphatic heterocycles. The van der Waals surface area contributed by atoms with Crippen LogP contribution in [0.3, 0.4) is 0 Å². The lowest BCUT2D eigenvalue weighted by molar-refractivity contribution is -0.137. The van der Waals surface area contributed by atoms with E-state index in [1.54, 1.807) is 18.5 Å². The van der Waals surface area contributed by atoms with Gasteiger partial charge in [0.15, 0.2) is 0 Å². The number of likely N-dealkylation sites (tertiary alicyclic amines) is 1. The summed E-state index contributed by atoms with van der Waals surface area (Å²) in [6.45, 7) is 0.926. The van der Waals surface area contributed by atoms with Gasteiger partial charge in [0, 0.05) is 31.2 Å². The molecule has 2 N–H and O–H groups in total. The molecule has 0 aliphatic carbocycles. The summed E-state index contributed by atoms with van der Waals surface area (Å²) in [4.78, 5) is 21.6. The highest BCUT2D eigenvalue weighted by molar-refractivity contribution is 5.90. The third-order valence-electron chi connectivity index (χ3n) is 3.53. The number of anilines is 2. The van der Waals surface area contributed by atoms with Crippen molar-refractivity contribution < 1.29 is 18.0 Å². The van der Waals surface area contributed by atoms with Crippen LogP contribution in [0.2, 0.25) is 0 Å². The van der Waals surface area contributed by atoms with Gasteiger partial charge in [-0.2, -0.15) is 13.2 Å². The molecule has 3 rings (SSSR count). The van der Waals surface area contributed by atoms with Crippen LogP contribution in [0.5, 0.6) is 0 Å². The summed E-state index contributed by atoms with van der Waals surface area (Å²) in [5.74, 6) is 0.491. The van der Waals surface area contributed by atoms with E-state index >= 15 is 0 Å². The van der Waals surface area contributed by atoms with Gasteiger partial charge < -0.3 is 15.5 Å². The summed E-state index contributed by atoms with van der Waals surface area (Å²) in [6.07, 6.45) is -1.16. The van der Waals surface area contributed by atoms with E-state index in [0.29, 0.717) is 24.7 Å². The quantitative estimate of drug-likeness (QED) is 0.904. The molecule has 0 unspecified atom stereocenters. The predicted octanol–water partition coefficient (Wildman–Crippen LogP) is 2.82. The van der Waals surface area contributed by atoms with Crippen LogP contribution in [0.4, 0.5) is 29.6 Å². The highest BCUT2D eigenvalue weighted by Gasteiger charge is 2.32. The second-order valence-electron chi connectivity index (χ2n) is 5.32. The fraction of sp³-hybridized carbons (Fsp3) is 0.267. The summed E-state index contributed by atoms with van der Waals surface area (Å²) < 4.78 is 37.4. The van der Waals surface area contributed by atoms with E-state index in [9.17, 15) is 18.0 Å². The summed E-state index contributed by atoms with van der Waals surface area (Å²) in [5.41, 5.74) is -0.438. The highest BCUT2D eigenvalue weighted by atomic mass is 19.4. The molecule has 1 fully saturated rings. The largest absolute Gasteiger partial charge is 0.416 e. The third kappa shape index (κ3) is 3.73. The monoisotopic (exact) mass is 337 g/mol. The maximum Gasteiger partial charge on any atom is 0.416 e. The maximum absolute atomic E-state index is 12.5. The van der Waals surface area contributed by atoms with Gasteiger partial charge in [0.05, 0.1) is 11.6 Å². The van der Waals surface area contributed by atoms with Crippen molar-refractivity contribution in [3.63, 3.8) is 0 Å². The van der Waals surface area contributed by atoms with Gasteiger partial charge in [-0.1, -0.05) is 0 Å². The van der Waals surface area contributed by atoms with E-state index in [2.05, 4.69) is 20.6 Å². The second-order valence-corrected chi connectivity index (χ2v) is 5.32. The average molecular weight is 337 g/mol. The highest BCUT2D eigenvalue weighted by Crippen LogP contribution is 2.29. The zero-order valence-corrected chi connectivity index (χ0v) is 12.4. The van der Waals surface area contributed by atoms with Crippen LogP contribution in [0, 0.1) is 0 Å². The normalized spacial score (nSPS) is 14.9. The number of alkyl halides is 3. The van der Waals surface area contributed by atoms with Crippen molar-refractivity contribution in [1.29, 1.82) is 0 Å². The van der Waals surface area contributed by atoms with Crippen molar-refractivity contribution in [3.8, 4) is 0 Å². The van der Waals surface area contributed by atoms with E-state index < -0.39 is 11.7 Å². The minimum absolute atomic E-state index is 0.0470. The lowest BCUT2D eigenvalue weighted by Gasteiger charge is -2.39. The van der Waals surface area contributed by atoms with Gasteiger partial charge in [-0.15, -0.1) is 0 Å². The molecule has 1 aromatic carbocycles. The first kappa shape index (κ1) is 16.0. The van der Waals surface area contributed by atoms with Crippen molar-refractivity contribution in [2.45, 2.75) is 12.2 Å². The predicted molar refractivity (Wildman–Crippen MR) is 81.5 cm³/mol. The summed E-state index contributed by atoms with van der Waals surface area (Å²) in [5, 5.41) is 5.65. The zero-order chi connectivity index (χ0) is 17.2. The summed E-state index contributed by atoms with van der Waals surface area (Å²) in [7, 11) is 0. The van der Waals surface area contributed by atoms with Gasteiger partial charge in [-0.25, -0.2) is 14.8 Å². The second kappa shape index (κ2) is 6.34. The van der Waals surface area contributed by atoms with Gasteiger partial charge in [-0.3, -0.25) is 0 Å². The molecule has 0 spiro atoms. The van der Waals surface area contributed by atoms with Gasteiger partial charge in [0.25, 0.3) is 0 Å². The Morgan fingerprint density at radius 1 is 1.12 bits per heavy atom. The number of nitrogens with one attached hydrogen (secondary N) is 2. The molecular formula is C15H14F3N5O. The molecule has 0 atom stereocenters. The smallest absolute Gasteiger partial charge is 0.348 e. The first-order chi connectivity index (χ1) is 11.4. The number of halogens is 3. The van der Waals surface area contributed by atoms with Crippen molar-refractivity contribution in [1.82, 2.24) is 14.9 Å². The first-order valence-electron chi connectivity index (χ1n) is 7.18. The fourth-order valence-electron chi connectivity index (χ4n) is 2.24. The molecule has 0 saturated carbocycles. The maximum atomic E-state index is 12.5. The average Bonchev–Trinajstić information content (AvgIpc) is 2.51. The molecule has 0 radical (unpaired) electrons. The van der Waals surface area contributed by atoms with Crippen LogP contribution in [0.15, 0.2) is 42.7 Å². The molecule has 6 nitrogen and oxygen atoms in total. The Bertz CT molecular complexity index is 699. The number of carbonyl (C=O) groups excluding carboxylic acids is 1. The number of rotatable bonds is 3. The number of carbonyl (C=O) groups is 1. The zero-order valence-electron chi connectivity index (χ0n) is 12.4. The SMILES string of the molecule is O=C(Nc1ccc(C(F)(F)F)cc1)N1CC(Nc2ncccn2)C1. The Hall–Kier alpha value is -2.84. The van der Waals surface area contributed by atoms with Crippen LogP contribution in [0.25, 0.3) is 0 Å². The van der Waals surface area contributed by atoms with Gasteiger partial charge in [0.1, 0.15) is 0 Å². The molecule has 1 aliphatic rings. The topological polar surface area (TPSA) is 70.2 Å². The van der Waals surface area contributed by atoms with Crippen LogP contribution in [0.1, 0.15) is 5.56 Å². The number of benzene rings is 1. The lowest BCUT2D eigenvalue weighted by atomic mass is 10.1. The van der Waals surface area contributed by atoms with Gasteiger partial charge in [0.2, 0.25) is 5.95 Å². The number of hydrogen-bond donors (Lipinski definition) is 2. The molecule has 2 heterocycles. The summed E-state index contributed by atoms with van der Waals surface area (Å²) >= 11 is 0. The third-order valence-corrected chi connectivity index (χ3v) is 3.53. The number of amides is 2. The fourth-order valence-corrected chi connectivity index (χ4v) is 2.24. The Kier molecular flexibility index (Phi) is 4.24. The molecule has 1 saturated heterocycles. The molecule has 9 heteroatoms. The van der Waals surface area contributed by atoms with E-state index in [0.717, 1.165) is 12.1 Å². The molecule has 24 heavy (non-hydrogen) atoms. The van der Waals surface area contributed by atoms with E-state index in [-0.39, 0.29) is 12.1 Å². The number of nitrogens with zero attached hydrogens (tertiary/aromatic N) is 3. The van der Waals surface area contributed by atoms with Gasteiger partial charge in [-0.05, 0) is 30.3 Å². The van der Waals surface area contributed by atoms with E-state index in [4.69, 9.17) is 0 Å². The Morgan fingerprint density at radius 2 is 1.75 bits per heavy atom. The van der Waals surface area contributed by atoms with E-state index in [1.165, 1.54) is 17.0 Å². The van der Waals surface area contributed by atoms with Crippen LogP contribution in [-0.2, 0) is 6.18 Å². The minimum Gasteiger partial charge on any atom is -0.348 e. The molecule has 2 amide bonds. The molecule has 0 bridgehead atoms. The Labute approximate surface area is 135 Å².